The first-order valence-corrected chi connectivity index (χ1v) is 5.38. The predicted octanol–water partition coefficient (Wildman–Crippen LogP) is 0.444. The second kappa shape index (κ2) is 4.97. The van der Waals surface area contributed by atoms with Gasteiger partial charge >= 0.3 is 5.97 Å². The van der Waals surface area contributed by atoms with E-state index in [0.717, 1.165) is 16.8 Å². The fraction of sp³-hybridized carbons (Fsp3) is 0.333. The smallest absolute Gasteiger partial charge is 0.319 e. The molecule has 0 bridgehead atoms. The van der Waals surface area contributed by atoms with Crippen LogP contribution in [0.5, 0.6) is 0 Å². The lowest BCUT2D eigenvalue weighted by atomic mass is 10.1. The van der Waals surface area contributed by atoms with Crippen molar-refractivity contribution in [2.45, 2.75) is 13.0 Å². The van der Waals surface area contributed by atoms with Crippen molar-refractivity contribution in [1.82, 2.24) is 5.32 Å². The van der Waals surface area contributed by atoms with Crippen LogP contribution in [-0.2, 0) is 27.3 Å². The number of carbonyl (C=O) groups excluding carboxylic acids is 2. The topological polar surface area (TPSA) is 67.4 Å². The average molecular weight is 234 g/mol. The maximum Gasteiger partial charge on any atom is 0.319 e. The van der Waals surface area contributed by atoms with Crippen LogP contribution in [0.4, 0.5) is 5.69 Å². The molecule has 0 radical (unpaired) electrons. The summed E-state index contributed by atoms with van der Waals surface area (Å²) in [5.41, 5.74) is 2.93. The summed E-state index contributed by atoms with van der Waals surface area (Å²) in [7, 11) is 1.36. The Morgan fingerprint density at radius 2 is 2.35 bits per heavy atom. The van der Waals surface area contributed by atoms with Gasteiger partial charge < -0.3 is 15.4 Å². The van der Waals surface area contributed by atoms with Gasteiger partial charge in [-0.05, 0) is 17.2 Å². The van der Waals surface area contributed by atoms with Crippen LogP contribution in [0.1, 0.15) is 11.1 Å². The molecule has 5 heteroatoms. The monoisotopic (exact) mass is 234 g/mol. The predicted molar refractivity (Wildman–Crippen MR) is 62.5 cm³/mol. The molecule has 1 heterocycles. The van der Waals surface area contributed by atoms with E-state index >= 15 is 0 Å². The molecule has 2 rings (SSSR count). The van der Waals surface area contributed by atoms with E-state index in [-0.39, 0.29) is 18.4 Å². The third-order valence-corrected chi connectivity index (χ3v) is 2.62. The van der Waals surface area contributed by atoms with Gasteiger partial charge in [0.05, 0.1) is 20.1 Å². The summed E-state index contributed by atoms with van der Waals surface area (Å²) in [6, 6.07) is 5.78. The van der Waals surface area contributed by atoms with Gasteiger partial charge in [-0.2, -0.15) is 0 Å². The molecule has 0 spiro atoms. The van der Waals surface area contributed by atoms with Gasteiger partial charge in [0.2, 0.25) is 5.91 Å². The van der Waals surface area contributed by atoms with Crippen molar-refractivity contribution in [3.05, 3.63) is 29.3 Å². The van der Waals surface area contributed by atoms with Gasteiger partial charge in [0.15, 0.2) is 0 Å². The van der Waals surface area contributed by atoms with Crippen molar-refractivity contribution < 1.29 is 14.3 Å². The SMILES string of the molecule is COC(=O)CNCc1ccc2c(c1)CC(=O)N2. The number of hydrogen-bond acceptors (Lipinski definition) is 4. The zero-order chi connectivity index (χ0) is 12.3. The quantitative estimate of drug-likeness (QED) is 0.742. The minimum absolute atomic E-state index is 0.0275. The number of methoxy groups -OCH3 is 1. The highest BCUT2D eigenvalue weighted by Crippen LogP contribution is 2.23. The van der Waals surface area contributed by atoms with E-state index in [0.29, 0.717) is 13.0 Å². The van der Waals surface area contributed by atoms with Gasteiger partial charge in [0.1, 0.15) is 0 Å². The zero-order valence-corrected chi connectivity index (χ0v) is 9.58. The number of esters is 1. The second-order valence-electron chi connectivity index (χ2n) is 3.90. The van der Waals surface area contributed by atoms with Gasteiger partial charge in [-0.1, -0.05) is 12.1 Å². The highest BCUT2D eigenvalue weighted by molar-refractivity contribution is 5.99. The molecule has 17 heavy (non-hydrogen) atoms. The van der Waals surface area contributed by atoms with Crippen molar-refractivity contribution in [1.29, 1.82) is 0 Å². The van der Waals surface area contributed by atoms with Crippen molar-refractivity contribution >= 4 is 17.6 Å². The second-order valence-corrected chi connectivity index (χ2v) is 3.90. The van der Waals surface area contributed by atoms with Crippen molar-refractivity contribution in [3.8, 4) is 0 Å². The average Bonchev–Trinajstić information content (AvgIpc) is 2.68. The molecule has 1 aromatic carbocycles. The molecule has 1 aromatic rings. The maximum atomic E-state index is 11.2. The summed E-state index contributed by atoms with van der Waals surface area (Å²) >= 11 is 0. The molecular weight excluding hydrogens is 220 g/mol. The Labute approximate surface area is 99.2 Å². The van der Waals surface area contributed by atoms with Crippen LogP contribution in [0.15, 0.2) is 18.2 Å². The van der Waals surface area contributed by atoms with E-state index in [1.54, 1.807) is 0 Å². The first-order valence-electron chi connectivity index (χ1n) is 5.38. The number of carbonyl (C=O) groups is 2. The highest BCUT2D eigenvalue weighted by atomic mass is 16.5. The number of nitrogens with one attached hydrogen (secondary N) is 2. The van der Waals surface area contributed by atoms with Gasteiger partial charge in [-0.25, -0.2) is 0 Å². The molecule has 1 aliphatic rings. The molecule has 0 aromatic heterocycles. The van der Waals surface area contributed by atoms with Gasteiger partial charge in [-0.15, -0.1) is 0 Å². The standard InChI is InChI=1S/C12H14N2O3/c1-17-12(16)7-13-6-8-2-3-10-9(4-8)5-11(15)14-10/h2-4,13H,5-7H2,1H3,(H,14,15). The number of benzene rings is 1. The Balaban J connectivity index is 1.93. The summed E-state index contributed by atoms with van der Waals surface area (Å²) in [5, 5.41) is 5.75. The Hall–Kier alpha value is -1.88. The minimum Gasteiger partial charge on any atom is -0.468 e. The number of hydrogen-bond donors (Lipinski definition) is 2. The van der Waals surface area contributed by atoms with E-state index in [1.165, 1.54) is 7.11 Å². The third kappa shape index (κ3) is 2.82. The van der Waals surface area contributed by atoms with Crippen LogP contribution >= 0.6 is 0 Å². The summed E-state index contributed by atoms with van der Waals surface area (Å²) in [6.45, 7) is 0.765. The molecule has 1 amide bonds. The first kappa shape index (κ1) is 11.6. The van der Waals surface area contributed by atoms with Crippen LogP contribution in [0.3, 0.4) is 0 Å². The lowest BCUT2D eigenvalue weighted by Gasteiger charge is -2.05. The lowest BCUT2D eigenvalue weighted by molar-refractivity contribution is -0.139. The van der Waals surface area contributed by atoms with Crippen LogP contribution in [-0.4, -0.2) is 25.5 Å². The van der Waals surface area contributed by atoms with Crippen LogP contribution in [0, 0.1) is 0 Å². The summed E-state index contributed by atoms with van der Waals surface area (Å²) in [5.74, 6) is -0.261. The molecule has 0 unspecified atom stereocenters. The van der Waals surface area contributed by atoms with Gasteiger partial charge in [-0.3, -0.25) is 9.59 Å². The third-order valence-electron chi connectivity index (χ3n) is 2.62. The Kier molecular flexibility index (Phi) is 3.39. The highest BCUT2D eigenvalue weighted by Gasteiger charge is 2.17. The lowest BCUT2D eigenvalue weighted by Crippen LogP contribution is -2.23. The maximum absolute atomic E-state index is 11.2. The van der Waals surface area contributed by atoms with E-state index in [2.05, 4.69) is 15.4 Å². The Morgan fingerprint density at radius 3 is 3.12 bits per heavy atom. The molecular formula is C12H14N2O3. The van der Waals surface area contributed by atoms with Crippen molar-refractivity contribution in [3.63, 3.8) is 0 Å². The van der Waals surface area contributed by atoms with E-state index < -0.39 is 0 Å². The molecule has 0 fully saturated rings. The van der Waals surface area contributed by atoms with E-state index in [4.69, 9.17) is 0 Å². The van der Waals surface area contributed by atoms with Crippen LogP contribution in [0.25, 0.3) is 0 Å². The summed E-state index contributed by atoms with van der Waals surface area (Å²) in [4.78, 5) is 22.1. The number of fused-ring (bicyclic) bond motifs is 1. The Morgan fingerprint density at radius 1 is 1.53 bits per heavy atom. The van der Waals surface area contributed by atoms with E-state index in [1.807, 2.05) is 18.2 Å². The molecule has 90 valence electrons. The molecule has 5 nitrogen and oxygen atoms in total. The number of ether oxygens (including phenoxy) is 1. The largest absolute Gasteiger partial charge is 0.468 e. The van der Waals surface area contributed by atoms with Crippen LogP contribution < -0.4 is 10.6 Å². The van der Waals surface area contributed by atoms with Gasteiger partial charge in [0.25, 0.3) is 0 Å². The zero-order valence-electron chi connectivity index (χ0n) is 9.58. The number of anilines is 1. The number of rotatable bonds is 4. The molecule has 1 aliphatic heterocycles. The minimum atomic E-state index is -0.289. The molecule has 0 atom stereocenters. The van der Waals surface area contributed by atoms with Crippen molar-refractivity contribution in [2.75, 3.05) is 19.0 Å². The van der Waals surface area contributed by atoms with E-state index in [9.17, 15) is 9.59 Å². The molecule has 2 N–H and O–H groups in total. The molecule has 0 aliphatic carbocycles. The normalized spacial score (nSPS) is 13.1. The Bertz CT molecular complexity index is 457. The van der Waals surface area contributed by atoms with Gasteiger partial charge in [0, 0.05) is 12.2 Å². The number of amides is 1. The summed E-state index contributed by atoms with van der Waals surface area (Å²) < 4.78 is 4.52. The summed E-state index contributed by atoms with van der Waals surface area (Å²) in [6.07, 6.45) is 0.431. The first-order chi connectivity index (χ1) is 8.19. The molecule has 0 saturated carbocycles. The van der Waals surface area contributed by atoms with Crippen molar-refractivity contribution in [2.24, 2.45) is 0 Å². The van der Waals surface area contributed by atoms with Crippen LogP contribution in [0.2, 0.25) is 0 Å². The fourth-order valence-electron chi connectivity index (χ4n) is 1.77. The fourth-order valence-corrected chi connectivity index (χ4v) is 1.77. The molecule has 0 saturated heterocycles.